The van der Waals surface area contributed by atoms with Crippen molar-refractivity contribution in [2.75, 3.05) is 18.5 Å². The molecule has 0 aromatic carbocycles. The largest absolute Gasteiger partial charge is 0.366 e. The minimum atomic E-state index is -0.115. The lowest BCUT2D eigenvalue weighted by molar-refractivity contribution is -0.154. The van der Waals surface area contributed by atoms with E-state index in [1.807, 2.05) is 0 Å². The van der Waals surface area contributed by atoms with E-state index < -0.39 is 0 Å². The lowest BCUT2D eigenvalue weighted by atomic mass is 10.2. The molecule has 1 saturated carbocycles. The molecule has 1 N–H and O–H groups in total. The standard InChI is InChI=1S/C17H22ClN3O2/c18-17-19-12-13(16(21-17)20-14-7-1-2-8-14)6-5-11-23-15-9-3-4-10-22-15/h12,14-15H,1-4,7-11H2,(H,19,20,21). The fraction of sp³-hybridized carbons (Fsp3) is 0.647. The zero-order valence-electron chi connectivity index (χ0n) is 13.2. The molecule has 1 aromatic heterocycles. The van der Waals surface area contributed by atoms with Crippen molar-refractivity contribution < 1.29 is 9.47 Å². The second-order valence-electron chi connectivity index (χ2n) is 5.94. The molecule has 23 heavy (non-hydrogen) atoms. The van der Waals surface area contributed by atoms with Gasteiger partial charge in [-0.25, -0.2) is 4.98 Å². The molecule has 1 aromatic rings. The highest BCUT2D eigenvalue weighted by molar-refractivity contribution is 6.28. The van der Waals surface area contributed by atoms with Gasteiger partial charge in [0, 0.05) is 18.8 Å². The van der Waals surface area contributed by atoms with E-state index in [2.05, 4.69) is 27.1 Å². The molecular weight excluding hydrogens is 314 g/mol. The zero-order chi connectivity index (χ0) is 15.9. The van der Waals surface area contributed by atoms with Crippen LogP contribution in [0.4, 0.5) is 5.82 Å². The third-order valence-electron chi connectivity index (χ3n) is 4.16. The van der Waals surface area contributed by atoms with E-state index in [9.17, 15) is 0 Å². The van der Waals surface area contributed by atoms with E-state index in [1.165, 1.54) is 12.8 Å². The first kappa shape index (κ1) is 16.5. The Morgan fingerprint density at radius 1 is 1.26 bits per heavy atom. The highest BCUT2D eigenvalue weighted by Gasteiger charge is 2.17. The van der Waals surface area contributed by atoms with Gasteiger partial charge in [0.1, 0.15) is 12.4 Å². The van der Waals surface area contributed by atoms with Gasteiger partial charge in [-0.2, -0.15) is 4.98 Å². The van der Waals surface area contributed by atoms with Crippen molar-refractivity contribution in [3.63, 3.8) is 0 Å². The number of halogens is 1. The number of aromatic nitrogens is 2. The van der Waals surface area contributed by atoms with Gasteiger partial charge in [0.15, 0.2) is 6.29 Å². The van der Waals surface area contributed by atoms with Gasteiger partial charge in [-0.15, -0.1) is 0 Å². The highest BCUT2D eigenvalue weighted by Crippen LogP contribution is 2.23. The molecule has 2 heterocycles. The van der Waals surface area contributed by atoms with Crippen LogP contribution in [0.5, 0.6) is 0 Å². The maximum Gasteiger partial charge on any atom is 0.224 e. The first-order valence-corrected chi connectivity index (χ1v) is 8.70. The first-order valence-electron chi connectivity index (χ1n) is 8.32. The SMILES string of the molecule is Clc1ncc(C#CCOC2CCCCO2)c(NC2CCCC2)n1. The van der Waals surface area contributed by atoms with Crippen molar-refractivity contribution in [3.8, 4) is 11.8 Å². The normalized spacial score (nSPS) is 21.7. The molecule has 2 fully saturated rings. The summed E-state index contributed by atoms with van der Waals surface area (Å²) in [5, 5.41) is 3.68. The smallest absolute Gasteiger partial charge is 0.224 e. The molecule has 0 bridgehead atoms. The Labute approximate surface area is 142 Å². The third-order valence-corrected chi connectivity index (χ3v) is 4.34. The molecule has 1 atom stereocenters. The Kier molecular flexibility index (Phi) is 6.09. The van der Waals surface area contributed by atoms with Crippen molar-refractivity contribution in [2.24, 2.45) is 0 Å². The summed E-state index contributed by atoms with van der Waals surface area (Å²) in [6.45, 7) is 1.12. The van der Waals surface area contributed by atoms with Crippen molar-refractivity contribution in [2.45, 2.75) is 57.3 Å². The lowest BCUT2D eigenvalue weighted by Crippen LogP contribution is -2.22. The summed E-state index contributed by atoms with van der Waals surface area (Å²) in [7, 11) is 0. The summed E-state index contributed by atoms with van der Waals surface area (Å²) in [6.07, 6.45) is 9.60. The maximum absolute atomic E-state index is 5.91. The van der Waals surface area contributed by atoms with Gasteiger partial charge >= 0.3 is 0 Å². The van der Waals surface area contributed by atoms with Gasteiger partial charge in [0.25, 0.3) is 0 Å². The number of anilines is 1. The van der Waals surface area contributed by atoms with Crippen LogP contribution in [-0.4, -0.2) is 35.5 Å². The Balaban J connectivity index is 1.58. The summed E-state index contributed by atoms with van der Waals surface area (Å²) in [6, 6.07) is 0.452. The topological polar surface area (TPSA) is 56.3 Å². The molecule has 124 valence electrons. The summed E-state index contributed by atoms with van der Waals surface area (Å²) < 4.78 is 11.1. The number of nitrogens with one attached hydrogen (secondary N) is 1. The highest BCUT2D eigenvalue weighted by atomic mass is 35.5. The lowest BCUT2D eigenvalue weighted by Gasteiger charge is -2.21. The van der Waals surface area contributed by atoms with Gasteiger partial charge in [0.05, 0.1) is 5.56 Å². The van der Waals surface area contributed by atoms with Gasteiger partial charge in [0.2, 0.25) is 5.28 Å². The van der Waals surface area contributed by atoms with Gasteiger partial charge < -0.3 is 14.8 Å². The number of nitrogens with zero attached hydrogens (tertiary/aromatic N) is 2. The molecule has 0 spiro atoms. The summed E-state index contributed by atoms with van der Waals surface area (Å²) in [5.74, 6) is 6.82. The van der Waals surface area contributed by atoms with Crippen LogP contribution < -0.4 is 5.32 Å². The number of hydrogen-bond donors (Lipinski definition) is 1. The van der Waals surface area contributed by atoms with Crippen molar-refractivity contribution in [1.82, 2.24) is 9.97 Å². The van der Waals surface area contributed by atoms with Crippen LogP contribution in [0.25, 0.3) is 0 Å². The first-order chi connectivity index (χ1) is 11.3. The fourth-order valence-corrected chi connectivity index (χ4v) is 3.07. The number of ether oxygens (including phenoxy) is 2. The molecule has 0 amide bonds. The molecule has 1 unspecified atom stereocenters. The van der Waals surface area contributed by atoms with Crippen molar-refractivity contribution in [1.29, 1.82) is 0 Å². The van der Waals surface area contributed by atoms with Crippen molar-refractivity contribution >= 4 is 17.4 Å². The van der Waals surface area contributed by atoms with E-state index in [0.717, 1.165) is 50.1 Å². The van der Waals surface area contributed by atoms with Gasteiger partial charge in [-0.3, -0.25) is 0 Å². The average molecular weight is 336 g/mol. The predicted octanol–water partition coefficient (Wildman–Crippen LogP) is 3.38. The Morgan fingerprint density at radius 3 is 2.87 bits per heavy atom. The minimum Gasteiger partial charge on any atom is -0.366 e. The monoisotopic (exact) mass is 335 g/mol. The summed E-state index contributed by atoms with van der Waals surface area (Å²) in [4.78, 5) is 8.31. The molecule has 0 radical (unpaired) electrons. The van der Waals surface area contributed by atoms with Crippen LogP contribution in [0.15, 0.2) is 6.20 Å². The van der Waals surface area contributed by atoms with Crippen LogP contribution in [0.1, 0.15) is 50.5 Å². The van der Waals surface area contributed by atoms with Crippen LogP contribution in [-0.2, 0) is 9.47 Å². The quantitative estimate of drug-likeness (QED) is 0.675. The Hall–Kier alpha value is -1.35. The van der Waals surface area contributed by atoms with E-state index in [4.69, 9.17) is 21.1 Å². The van der Waals surface area contributed by atoms with Crippen LogP contribution >= 0.6 is 11.6 Å². The van der Waals surface area contributed by atoms with Crippen LogP contribution in [0, 0.1) is 11.8 Å². The second kappa shape index (κ2) is 8.49. The Bertz CT molecular complexity index is 573. The number of hydrogen-bond acceptors (Lipinski definition) is 5. The average Bonchev–Trinajstić information content (AvgIpc) is 3.07. The third kappa shape index (κ3) is 5.07. The zero-order valence-corrected chi connectivity index (χ0v) is 13.9. The molecule has 1 saturated heterocycles. The van der Waals surface area contributed by atoms with Crippen LogP contribution in [0.2, 0.25) is 5.28 Å². The minimum absolute atomic E-state index is 0.115. The van der Waals surface area contributed by atoms with E-state index in [0.29, 0.717) is 12.6 Å². The maximum atomic E-state index is 5.91. The van der Waals surface area contributed by atoms with E-state index in [1.54, 1.807) is 6.20 Å². The van der Waals surface area contributed by atoms with Gasteiger partial charge in [-0.05, 0) is 43.7 Å². The molecular formula is C17H22ClN3O2. The van der Waals surface area contributed by atoms with Gasteiger partial charge in [-0.1, -0.05) is 24.7 Å². The summed E-state index contributed by atoms with van der Waals surface area (Å²) >= 11 is 5.91. The molecule has 3 rings (SSSR count). The predicted molar refractivity (Wildman–Crippen MR) is 89.3 cm³/mol. The van der Waals surface area contributed by atoms with E-state index in [-0.39, 0.29) is 11.6 Å². The van der Waals surface area contributed by atoms with E-state index >= 15 is 0 Å². The van der Waals surface area contributed by atoms with Crippen LogP contribution in [0.3, 0.4) is 0 Å². The summed E-state index contributed by atoms with van der Waals surface area (Å²) in [5.41, 5.74) is 0.759. The molecule has 5 nitrogen and oxygen atoms in total. The van der Waals surface area contributed by atoms with Crippen molar-refractivity contribution in [3.05, 3.63) is 17.0 Å². The number of rotatable bonds is 4. The molecule has 6 heteroatoms. The molecule has 1 aliphatic heterocycles. The molecule has 2 aliphatic rings. The second-order valence-corrected chi connectivity index (χ2v) is 6.27. The molecule has 1 aliphatic carbocycles. The Morgan fingerprint density at radius 2 is 2.09 bits per heavy atom. The fourth-order valence-electron chi connectivity index (χ4n) is 2.93.